The summed E-state index contributed by atoms with van der Waals surface area (Å²) in [7, 11) is 1.54. The minimum atomic E-state index is -0.958. The molecule has 6 nitrogen and oxygen atoms in total. The lowest BCUT2D eigenvalue weighted by Gasteiger charge is -2.03. The maximum absolute atomic E-state index is 13.2. The van der Waals surface area contributed by atoms with Crippen LogP contribution in [0.5, 0.6) is 5.75 Å². The van der Waals surface area contributed by atoms with Gasteiger partial charge in [0.2, 0.25) is 11.7 Å². The Labute approximate surface area is 131 Å². The van der Waals surface area contributed by atoms with Crippen molar-refractivity contribution in [2.45, 2.75) is 0 Å². The molecule has 0 aliphatic heterocycles. The van der Waals surface area contributed by atoms with Gasteiger partial charge in [0.15, 0.2) is 0 Å². The maximum Gasteiger partial charge on any atom is 0.306 e. The zero-order chi connectivity index (χ0) is 16.8. The number of methoxy groups -OCH3 is 1. The highest BCUT2D eigenvalue weighted by Gasteiger charge is 2.14. The molecule has 118 valence electrons. The summed E-state index contributed by atoms with van der Waals surface area (Å²) in [5.41, 5.74) is 0.197. The van der Waals surface area contributed by atoms with Gasteiger partial charge in [-0.2, -0.15) is 4.39 Å². The number of carbonyl (C=O) groups is 1. The van der Waals surface area contributed by atoms with Crippen LogP contribution in [0, 0.1) is 15.9 Å². The molecule has 2 rings (SSSR count). The zero-order valence-corrected chi connectivity index (χ0v) is 12.2. The number of anilines is 1. The third-order valence-corrected chi connectivity index (χ3v) is 2.93. The molecule has 0 radical (unpaired) electrons. The molecule has 0 heterocycles. The van der Waals surface area contributed by atoms with E-state index in [2.05, 4.69) is 5.32 Å². The molecule has 1 N–H and O–H groups in total. The van der Waals surface area contributed by atoms with Crippen LogP contribution >= 0.6 is 0 Å². The Balaban J connectivity index is 2.08. The second-order valence-corrected chi connectivity index (χ2v) is 4.52. The Kier molecular flexibility index (Phi) is 5.03. The van der Waals surface area contributed by atoms with Crippen molar-refractivity contribution < 1.29 is 18.8 Å². The summed E-state index contributed by atoms with van der Waals surface area (Å²) in [4.78, 5) is 21.6. The molecular formula is C16H13FN2O4. The molecule has 2 aromatic carbocycles. The standard InChI is InChI=1S/C16H13FN2O4/c1-23-13-4-2-3-11(9-13)5-8-16(20)18-12-6-7-14(17)15(10-12)19(21)22/h2-10H,1H3,(H,18,20)/b8-5+. The number of nitro groups is 1. The highest BCUT2D eigenvalue weighted by atomic mass is 19.1. The topological polar surface area (TPSA) is 81.5 Å². The molecule has 0 aliphatic carbocycles. The van der Waals surface area contributed by atoms with Crippen LogP contribution in [0.25, 0.3) is 6.08 Å². The van der Waals surface area contributed by atoms with Gasteiger partial charge < -0.3 is 10.1 Å². The van der Waals surface area contributed by atoms with E-state index in [0.717, 1.165) is 17.7 Å². The summed E-state index contributed by atoms with van der Waals surface area (Å²) in [6.45, 7) is 0. The smallest absolute Gasteiger partial charge is 0.306 e. The zero-order valence-electron chi connectivity index (χ0n) is 12.2. The molecule has 0 aromatic heterocycles. The van der Waals surface area contributed by atoms with Crippen molar-refractivity contribution in [3.05, 3.63) is 70.0 Å². The molecule has 0 unspecified atom stereocenters. The fraction of sp³-hybridized carbons (Fsp3) is 0.0625. The van der Waals surface area contributed by atoms with Crippen molar-refractivity contribution in [3.63, 3.8) is 0 Å². The molecule has 0 bridgehead atoms. The Morgan fingerprint density at radius 2 is 2.09 bits per heavy atom. The number of ether oxygens (including phenoxy) is 1. The lowest BCUT2D eigenvalue weighted by atomic mass is 10.2. The largest absolute Gasteiger partial charge is 0.497 e. The van der Waals surface area contributed by atoms with Crippen LogP contribution in [-0.4, -0.2) is 17.9 Å². The minimum absolute atomic E-state index is 0.137. The van der Waals surface area contributed by atoms with Crippen LogP contribution in [0.1, 0.15) is 5.56 Å². The SMILES string of the molecule is COc1cccc(/C=C/C(=O)Nc2ccc(F)c([N+](=O)[O-])c2)c1. The summed E-state index contributed by atoms with van der Waals surface area (Å²) < 4.78 is 18.3. The van der Waals surface area contributed by atoms with Gasteiger partial charge in [-0.15, -0.1) is 0 Å². The number of amides is 1. The molecule has 0 saturated carbocycles. The average molecular weight is 316 g/mol. The molecule has 1 amide bonds. The highest BCUT2D eigenvalue weighted by Crippen LogP contribution is 2.21. The van der Waals surface area contributed by atoms with Gasteiger partial charge in [0.25, 0.3) is 0 Å². The molecule has 2 aromatic rings. The lowest BCUT2D eigenvalue weighted by molar-refractivity contribution is -0.387. The van der Waals surface area contributed by atoms with Crippen molar-refractivity contribution in [2.24, 2.45) is 0 Å². The van der Waals surface area contributed by atoms with Crippen molar-refractivity contribution in [1.29, 1.82) is 0 Å². The number of nitrogens with one attached hydrogen (secondary N) is 1. The fourth-order valence-corrected chi connectivity index (χ4v) is 1.83. The molecule has 0 aliphatic rings. The van der Waals surface area contributed by atoms with Gasteiger partial charge in [0.1, 0.15) is 5.75 Å². The van der Waals surface area contributed by atoms with E-state index in [1.165, 1.54) is 19.3 Å². The van der Waals surface area contributed by atoms with Crippen LogP contribution in [-0.2, 0) is 4.79 Å². The average Bonchev–Trinajstić information content (AvgIpc) is 2.54. The Hall–Kier alpha value is -3.22. The minimum Gasteiger partial charge on any atom is -0.497 e. The molecule has 23 heavy (non-hydrogen) atoms. The van der Waals surface area contributed by atoms with Crippen LogP contribution in [0.2, 0.25) is 0 Å². The summed E-state index contributed by atoms with van der Waals surface area (Å²) in [6.07, 6.45) is 2.83. The lowest BCUT2D eigenvalue weighted by Crippen LogP contribution is -2.08. The number of carbonyl (C=O) groups excluding carboxylic acids is 1. The normalized spacial score (nSPS) is 10.5. The monoisotopic (exact) mass is 316 g/mol. The summed E-state index contributed by atoms with van der Waals surface area (Å²) >= 11 is 0. The van der Waals surface area contributed by atoms with E-state index in [1.54, 1.807) is 30.3 Å². The Bertz CT molecular complexity index is 774. The predicted molar refractivity (Wildman–Crippen MR) is 83.7 cm³/mol. The third-order valence-electron chi connectivity index (χ3n) is 2.93. The van der Waals surface area contributed by atoms with E-state index < -0.39 is 22.3 Å². The van der Waals surface area contributed by atoms with Crippen LogP contribution < -0.4 is 10.1 Å². The Morgan fingerprint density at radius 1 is 1.30 bits per heavy atom. The number of halogens is 1. The van der Waals surface area contributed by atoms with Gasteiger partial charge in [-0.1, -0.05) is 12.1 Å². The van der Waals surface area contributed by atoms with Crippen molar-refractivity contribution in [1.82, 2.24) is 0 Å². The van der Waals surface area contributed by atoms with E-state index in [-0.39, 0.29) is 5.69 Å². The molecule has 0 spiro atoms. The molecule has 0 saturated heterocycles. The number of nitro benzene ring substituents is 1. The van der Waals surface area contributed by atoms with Gasteiger partial charge in [-0.3, -0.25) is 14.9 Å². The molecule has 0 atom stereocenters. The molecule has 7 heteroatoms. The summed E-state index contributed by atoms with van der Waals surface area (Å²) in [6, 6.07) is 10.2. The van der Waals surface area contributed by atoms with Gasteiger partial charge in [0.05, 0.1) is 12.0 Å². The molecule has 0 fully saturated rings. The van der Waals surface area contributed by atoms with Gasteiger partial charge in [0, 0.05) is 17.8 Å². The second kappa shape index (κ2) is 7.17. The fourth-order valence-electron chi connectivity index (χ4n) is 1.83. The number of benzene rings is 2. The number of rotatable bonds is 5. The van der Waals surface area contributed by atoms with E-state index in [4.69, 9.17) is 4.74 Å². The summed E-state index contributed by atoms with van der Waals surface area (Å²) in [5, 5.41) is 13.1. The maximum atomic E-state index is 13.2. The van der Waals surface area contributed by atoms with Crippen LogP contribution in [0.3, 0.4) is 0 Å². The first-order valence-electron chi connectivity index (χ1n) is 6.56. The Morgan fingerprint density at radius 3 is 2.78 bits per heavy atom. The van der Waals surface area contributed by atoms with E-state index in [9.17, 15) is 19.3 Å². The van der Waals surface area contributed by atoms with E-state index in [1.807, 2.05) is 0 Å². The highest BCUT2D eigenvalue weighted by molar-refractivity contribution is 6.02. The van der Waals surface area contributed by atoms with E-state index >= 15 is 0 Å². The second-order valence-electron chi connectivity index (χ2n) is 4.52. The van der Waals surface area contributed by atoms with Gasteiger partial charge in [-0.05, 0) is 35.9 Å². The van der Waals surface area contributed by atoms with Gasteiger partial charge >= 0.3 is 5.69 Å². The third kappa shape index (κ3) is 4.37. The molecular weight excluding hydrogens is 303 g/mol. The first-order valence-corrected chi connectivity index (χ1v) is 6.56. The summed E-state index contributed by atoms with van der Waals surface area (Å²) in [5.74, 6) is -0.796. The first-order chi connectivity index (χ1) is 11.0. The van der Waals surface area contributed by atoms with Crippen LogP contribution in [0.4, 0.5) is 15.8 Å². The number of nitrogens with zero attached hydrogens (tertiary/aromatic N) is 1. The van der Waals surface area contributed by atoms with Gasteiger partial charge in [-0.25, -0.2) is 0 Å². The van der Waals surface area contributed by atoms with Crippen LogP contribution in [0.15, 0.2) is 48.5 Å². The van der Waals surface area contributed by atoms with Crippen molar-refractivity contribution in [3.8, 4) is 5.75 Å². The number of hydrogen-bond acceptors (Lipinski definition) is 4. The first kappa shape index (κ1) is 16.2. The van der Waals surface area contributed by atoms with E-state index in [0.29, 0.717) is 5.75 Å². The predicted octanol–water partition coefficient (Wildman–Crippen LogP) is 3.39. The quantitative estimate of drug-likeness (QED) is 0.521. The number of hydrogen-bond donors (Lipinski definition) is 1. The van der Waals surface area contributed by atoms with Crippen molar-refractivity contribution in [2.75, 3.05) is 12.4 Å². The van der Waals surface area contributed by atoms with Crippen molar-refractivity contribution >= 4 is 23.4 Å².